The highest BCUT2D eigenvalue weighted by molar-refractivity contribution is 7.92. The highest BCUT2D eigenvalue weighted by Crippen LogP contribution is 2.64. The fourth-order valence-electron chi connectivity index (χ4n) is 5.03. The largest absolute Gasteiger partial charge is 0.299 e. The zero-order valence-electron chi connectivity index (χ0n) is 15.4. The van der Waals surface area contributed by atoms with Gasteiger partial charge in [-0.3, -0.25) is 14.5 Å². The molecule has 4 rings (SSSR count). The van der Waals surface area contributed by atoms with Crippen LogP contribution >= 0.6 is 0 Å². The van der Waals surface area contributed by atoms with Crippen LogP contribution in [0.3, 0.4) is 0 Å². The van der Waals surface area contributed by atoms with Gasteiger partial charge in [-0.2, -0.15) is 0 Å². The third kappa shape index (κ3) is 2.46. The van der Waals surface area contributed by atoms with Gasteiger partial charge in [0.2, 0.25) is 10.0 Å². The molecule has 26 heavy (non-hydrogen) atoms. The first kappa shape index (κ1) is 17.5. The average molecular weight is 372 g/mol. The SMILES string of the molecule is Cc1cc(NS(=O)(=O)CC23CCC(CC2=O)C3(C)C)c2ccccc2n1. The predicted molar refractivity (Wildman–Crippen MR) is 102 cm³/mol. The van der Waals surface area contributed by atoms with Crippen molar-refractivity contribution in [1.29, 1.82) is 0 Å². The van der Waals surface area contributed by atoms with Gasteiger partial charge in [0.05, 0.1) is 22.4 Å². The number of benzene rings is 1. The monoisotopic (exact) mass is 372 g/mol. The predicted octanol–water partition coefficient (Wildman–Crippen LogP) is 3.68. The molecule has 0 saturated heterocycles. The number of nitrogens with zero attached hydrogens (tertiary/aromatic N) is 1. The Morgan fingerprint density at radius 3 is 2.65 bits per heavy atom. The molecule has 2 aliphatic carbocycles. The molecule has 5 nitrogen and oxygen atoms in total. The van der Waals surface area contributed by atoms with Crippen LogP contribution < -0.4 is 4.72 Å². The fourth-order valence-corrected chi connectivity index (χ4v) is 6.93. The number of ketones is 1. The van der Waals surface area contributed by atoms with Gasteiger partial charge >= 0.3 is 0 Å². The van der Waals surface area contributed by atoms with E-state index in [1.807, 2.05) is 31.2 Å². The fraction of sp³-hybridized carbons (Fsp3) is 0.500. The molecular weight excluding hydrogens is 348 g/mol. The van der Waals surface area contributed by atoms with Gasteiger partial charge in [-0.05, 0) is 43.2 Å². The molecule has 1 heterocycles. The molecule has 1 aromatic heterocycles. The molecule has 2 fully saturated rings. The van der Waals surface area contributed by atoms with Crippen molar-refractivity contribution in [3.63, 3.8) is 0 Å². The summed E-state index contributed by atoms with van der Waals surface area (Å²) in [5.74, 6) is 0.270. The third-order valence-electron chi connectivity index (χ3n) is 6.69. The van der Waals surface area contributed by atoms with E-state index in [9.17, 15) is 13.2 Å². The van der Waals surface area contributed by atoms with Crippen LogP contribution in [0.1, 0.15) is 38.8 Å². The Bertz CT molecular complexity index is 1010. The van der Waals surface area contributed by atoms with Crippen molar-refractivity contribution in [3.05, 3.63) is 36.0 Å². The van der Waals surface area contributed by atoms with Gasteiger partial charge in [0.15, 0.2) is 0 Å². The van der Waals surface area contributed by atoms with Crippen LogP contribution in [-0.4, -0.2) is 24.9 Å². The zero-order chi connectivity index (χ0) is 18.7. The first-order valence-corrected chi connectivity index (χ1v) is 10.7. The van der Waals surface area contributed by atoms with E-state index in [2.05, 4.69) is 23.6 Å². The molecule has 2 bridgehead atoms. The number of aromatic nitrogens is 1. The summed E-state index contributed by atoms with van der Waals surface area (Å²) >= 11 is 0. The zero-order valence-corrected chi connectivity index (χ0v) is 16.2. The van der Waals surface area contributed by atoms with Crippen molar-refractivity contribution >= 4 is 32.4 Å². The Balaban J connectivity index is 1.70. The Morgan fingerprint density at radius 2 is 2.00 bits per heavy atom. The summed E-state index contributed by atoms with van der Waals surface area (Å²) in [6, 6.07) is 9.21. The number of hydrogen-bond acceptors (Lipinski definition) is 4. The summed E-state index contributed by atoms with van der Waals surface area (Å²) in [7, 11) is -3.67. The van der Waals surface area contributed by atoms with Gasteiger partial charge in [0.25, 0.3) is 0 Å². The van der Waals surface area contributed by atoms with Crippen LogP contribution in [0.25, 0.3) is 10.9 Å². The molecule has 2 atom stereocenters. The standard InChI is InChI=1S/C20H24N2O3S/c1-13-10-17(15-6-4-5-7-16(15)21-13)22-26(24,25)12-20-9-8-14(11-18(20)23)19(20,2)3/h4-7,10,14H,8-9,11-12H2,1-3H3,(H,21,22). The van der Waals surface area contributed by atoms with E-state index in [1.54, 1.807) is 6.07 Å². The molecule has 0 radical (unpaired) electrons. The van der Waals surface area contributed by atoms with Crippen LogP contribution in [0.15, 0.2) is 30.3 Å². The summed E-state index contributed by atoms with van der Waals surface area (Å²) in [5.41, 5.74) is 0.998. The van der Waals surface area contributed by atoms with E-state index < -0.39 is 15.4 Å². The van der Waals surface area contributed by atoms with E-state index >= 15 is 0 Å². The number of nitrogens with one attached hydrogen (secondary N) is 1. The number of anilines is 1. The maximum absolute atomic E-state index is 13.0. The Kier molecular flexibility index (Phi) is 3.71. The molecule has 2 unspecified atom stereocenters. The summed E-state index contributed by atoms with van der Waals surface area (Å²) in [5, 5.41) is 0.764. The Hall–Kier alpha value is -1.95. The van der Waals surface area contributed by atoms with E-state index in [1.165, 1.54) is 0 Å². The molecule has 2 saturated carbocycles. The van der Waals surface area contributed by atoms with Gasteiger partial charge in [0.1, 0.15) is 5.78 Å². The number of para-hydroxylation sites is 1. The third-order valence-corrected chi connectivity index (χ3v) is 8.09. The van der Waals surface area contributed by atoms with Crippen molar-refractivity contribution in [2.75, 3.05) is 10.5 Å². The first-order valence-electron chi connectivity index (χ1n) is 9.05. The summed E-state index contributed by atoms with van der Waals surface area (Å²) < 4.78 is 28.8. The molecule has 0 amide bonds. The Morgan fingerprint density at radius 1 is 1.27 bits per heavy atom. The minimum atomic E-state index is -3.67. The number of hydrogen-bond donors (Lipinski definition) is 1. The van der Waals surface area contributed by atoms with E-state index in [0.717, 1.165) is 23.0 Å². The maximum Gasteiger partial charge on any atom is 0.233 e. The van der Waals surface area contributed by atoms with Gasteiger partial charge in [-0.15, -0.1) is 0 Å². The van der Waals surface area contributed by atoms with Crippen LogP contribution in [0.5, 0.6) is 0 Å². The van der Waals surface area contributed by atoms with Crippen molar-refractivity contribution in [1.82, 2.24) is 4.98 Å². The number of rotatable bonds is 4. The minimum Gasteiger partial charge on any atom is -0.299 e. The maximum atomic E-state index is 13.0. The minimum absolute atomic E-state index is 0.111. The lowest BCUT2D eigenvalue weighted by Crippen LogP contribution is -2.43. The summed E-state index contributed by atoms with van der Waals surface area (Å²) in [6.07, 6.45) is 2.12. The Labute approximate surface area is 154 Å². The summed E-state index contributed by atoms with van der Waals surface area (Å²) in [6.45, 7) is 5.95. The molecular formula is C20H24N2O3S. The number of fused-ring (bicyclic) bond motifs is 3. The lowest BCUT2D eigenvalue weighted by molar-refractivity contribution is -0.128. The van der Waals surface area contributed by atoms with Crippen LogP contribution in [0.4, 0.5) is 5.69 Å². The number of aryl methyl sites for hydroxylation is 1. The van der Waals surface area contributed by atoms with E-state index in [-0.39, 0.29) is 17.0 Å². The van der Waals surface area contributed by atoms with E-state index in [0.29, 0.717) is 24.4 Å². The number of carbonyl (C=O) groups is 1. The van der Waals surface area contributed by atoms with Crippen LogP contribution in [-0.2, 0) is 14.8 Å². The van der Waals surface area contributed by atoms with Gasteiger partial charge < -0.3 is 0 Å². The van der Waals surface area contributed by atoms with Crippen molar-refractivity contribution in [2.24, 2.45) is 16.7 Å². The number of sulfonamides is 1. The van der Waals surface area contributed by atoms with Gasteiger partial charge in [-0.1, -0.05) is 32.0 Å². The molecule has 1 aromatic carbocycles. The lowest BCUT2D eigenvalue weighted by atomic mass is 9.70. The van der Waals surface area contributed by atoms with Crippen LogP contribution in [0.2, 0.25) is 0 Å². The van der Waals surface area contributed by atoms with Crippen molar-refractivity contribution in [3.8, 4) is 0 Å². The number of Topliss-reactive ketones (excluding diaryl/α,β-unsaturated/α-hetero) is 1. The molecule has 1 N–H and O–H groups in total. The van der Waals surface area contributed by atoms with Crippen molar-refractivity contribution in [2.45, 2.75) is 40.0 Å². The highest BCUT2D eigenvalue weighted by atomic mass is 32.2. The quantitative estimate of drug-likeness (QED) is 0.888. The molecule has 2 aliphatic rings. The number of pyridine rings is 1. The topological polar surface area (TPSA) is 76.1 Å². The average Bonchev–Trinajstić information content (AvgIpc) is 2.88. The molecule has 0 aliphatic heterocycles. The molecule has 6 heteroatoms. The summed E-state index contributed by atoms with van der Waals surface area (Å²) in [4.78, 5) is 17.1. The van der Waals surface area contributed by atoms with Crippen LogP contribution in [0, 0.1) is 23.7 Å². The smallest absolute Gasteiger partial charge is 0.233 e. The lowest BCUT2D eigenvalue weighted by Gasteiger charge is -2.36. The van der Waals surface area contributed by atoms with Gasteiger partial charge in [-0.25, -0.2) is 8.42 Å². The molecule has 138 valence electrons. The second-order valence-corrected chi connectivity index (χ2v) is 10.1. The second kappa shape index (κ2) is 5.52. The highest BCUT2D eigenvalue weighted by Gasteiger charge is 2.65. The normalized spacial score (nSPS) is 27.2. The van der Waals surface area contributed by atoms with Gasteiger partial charge in [0, 0.05) is 17.5 Å². The van der Waals surface area contributed by atoms with E-state index in [4.69, 9.17) is 0 Å². The first-order chi connectivity index (χ1) is 12.1. The van der Waals surface area contributed by atoms with Crippen molar-refractivity contribution < 1.29 is 13.2 Å². The molecule has 2 aromatic rings. The number of carbonyl (C=O) groups excluding carboxylic acids is 1. The molecule has 0 spiro atoms. The second-order valence-electron chi connectivity index (χ2n) is 8.36.